The second-order valence-electron chi connectivity index (χ2n) is 2.69. The van der Waals surface area contributed by atoms with Crippen molar-refractivity contribution in [3.8, 4) is 0 Å². The monoisotopic (exact) mass is 140 g/mol. The SMILES string of the molecule is CC1=C(C)[C@@H]2OC(=O)O[C@H]12. The molecular formula is C7H8O3. The third kappa shape index (κ3) is 0.478. The summed E-state index contributed by atoms with van der Waals surface area (Å²) in [6, 6.07) is 0. The van der Waals surface area contributed by atoms with Crippen LogP contribution >= 0.6 is 0 Å². The predicted octanol–water partition coefficient (Wildman–Crippen LogP) is 1.24. The zero-order chi connectivity index (χ0) is 7.30. The lowest BCUT2D eigenvalue weighted by Crippen LogP contribution is -2.35. The van der Waals surface area contributed by atoms with E-state index in [1.807, 2.05) is 13.8 Å². The molecule has 0 bridgehead atoms. The molecule has 2 aliphatic rings. The molecule has 1 saturated heterocycles. The van der Waals surface area contributed by atoms with Gasteiger partial charge in [-0.05, 0) is 25.0 Å². The Hall–Kier alpha value is -0.990. The Morgan fingerprint density at radius 2 is 1.50 bits per heavy atom. The lowest BCUT2D eigenvalue weighted by molar-refractivity contribution is 0.123. The minimum Gasteiger partial charge on any atom is -0.422 e. The zero-order valence-corrected chi connectivity index (χ0v) is 5.88. The minimum absolute atomic E-state index is 0.0764. The number of ether oxygens (including phenoxy) is 2. The number of fused-ring (bicyclic) bond motifs is 1. The molecule has 2 atom stereocenters. The van der Waals surface area contributed by atoms with E-state index in [1.165, 1.54) is 0 Å². The van der Waals surface area contributed by atoms with Gasteiger partial charge in [-0.25, -0.2) is 4.79 Å². The Bertz CT molecular complexity index is 207. The molecule has 54 valence electrons. The van der Waals surface area contributed by atoms with E-state index in [4.69, 9.17) is 9.47 Å². The van der Waals surface area contributed by atoms with Crippen molar-refractivity contribution in [3.63, 3.8) is 0 Å². The van der Waals surface area contributed by atoms with Crippen molar-refractivity contribution in [3.05, 3.63) is 11.1 Å². The van der Waals surface area contributed by atoms with Crippen LogP contribution in [0.3, 0.4) is 0 Å². The van der Waals surface area contributed by atoms with Gasteiger partial charge < -0.3 is 9.47 Å². The molecular weight excluding hydrogens is 132 g/mol. The van der Waals surface area contributed by atoms with Crippen molar-refractivity contribution >= 4 is 6.16 Å². The highest BCUT2D eigenvalue weighted by molar-refractivity contribution is 5.66. The fourth-order valence-corrected chi connectivity index (χ4v) is 1.34. The van der Waals surface area contributed by atoms with Crippen LogP contribution in [0, 0.1) is 0 Å². The van der Waals surface area contributed by atoms with Gasteiger partial charge in [-0.15, -0.1) is 0 Å². The van der Waals surface area contributed by atoms with Crippen molar-refractivity contribution in [1.82, 2.24) is 0 Å². The zero-order valence-electron chi connectivity index (χ0n) is 5.88. The summed E-state index contributed by atoms with van der Waals surface area (Å²) >= 11 is 0. The molecule has 0 aromatic heterocycles. The largest absolute Gasteiger partial charge is 0.509 e. The van der Waals surface area contributed by atoms with Crippen molar-refractivity contribution in [1.29, 1.82) is 0 Å². The van der Waals surface area contributed by atoms with E-state index >= 15 is 0 Å². The van der Waals surface area contributed by atoms with Crippen molar-refractivity contribution in [2.45, 2.75) is 26.1 Å². The second-order valence-corrected chi connectivity index (χ2v) is 2.69. The normalized spacial score (nSPS) is 36.4. The molecule has 0 aromatic rings. The number of carbonyl (C=O) groups is 1. The molecule has 1 fully saturated rings. The number of hydrogen-bond acceptors (Lipinski definition) is 3. The summed E-state index contributed by atoms with van der Waals surface area (Å²) in [5.74, 6) is 0. The van der Waals surface area contributed by atoms with E-state index in [-0.39, 0.29) is 12.2 Å². The molecule has 0 spiro atoms. The molecule has 0 unspecified atom stereocenters. The third-order valence-electron chi connectivity index (χ3n) is 2.20. The second kappa shape index (κ2) is 1.54. The topological polar surface area (TPSA) is 35.5 Å². The highest BCUT2D eigenvalue weighted by Gasteiger charge is 2.47. The Morgan fingerprint density at radius 1 is 1.10 bits per heavy atom. The summed E-state index contributed by atoms with van der Waals surface area (Å²) in [6.07, 6.45) is -0.689. The number of hydrogen-bond donors (Lipinski definition) is 0. The van der Waals surface area contributed by atoms with Gasteiger partial charge in [0.25, 0.3) is 0 Å². The van der Waals surface area contributed by atoms with Crippen LogP contribution < -0.4 is 0 Å². The fourth-order valence-electron chi connectivity index (χ4n) is 1.34. The Labute approximate surface area is 58.6 Å². The molecule has 1 aliphatic heterocycles. The van der Waals surface area contributed by atoms with Crippen molar-refractivity contribution in [2.24, 2.45) is 0 Å². The Kier molecular flexibility index (Phi) is 0.886. The van der Waals surface area contributed by atoms with Crippen LogP contribution in [0.2, 0.25) is 0 Å². The molecule has 0 amide bonds. The van der Waals surface area contributed by atoms with E-state index in [2.05, 4.69) is 0 Å². The van der Waals surface area contributed by atoms with Crippen LogP contribution in [0.4, 0.5) is 4.79 Å². The molecule has 1 aliphatic carbocycles. The average molecular weight is 140 g/mol. The quantitative estimate of drug-likeness (QED) is 0.375. The first-order chi connectivity index (χ1) is 4.70. The van der Waals surface area contributed by atoms with Crippen LogP contribution in [0.25, 0.3) is 0 Å². The van der Waals surface area contributed by atoms with E-state index in [0.29, 0.717) is 0 Å². The van der Waals surface area contributed by atoms with Gasteiger partial charge in [0.05, 0.1) is 0 Å². The lowest BCUT2D eigenvalue weighted by Gasteiger charge is -2.28. The van der Waals surface area contributed by atoms with Crippen LogP contribution in [0.15, 0.2) is 11.1 Å². The summed E-state index contributed by atoms with van der Waals surface area (Å²) in [4.78, 5) is 10.5. The molecule has 3 heteroatoms. The molecule has 2 rings (SSSR count). The highest BCUT2D eigenvalue weighted by Crippen LogP contribution is 2.37. The summed E-state index contributed by atoms with van der Waals surface area (Å²) in [5.41, 5.74) is 2.27. The maximum Gasteiger partial charge on any atom is 0.509 e. The predicted molar refractivity (Wildman–Crippen MR) is 33.5 cm³/mol. The minimum atomic E-state index is -0.536. The first-order valence-corrected chi connectivity index (χ1v) is 3.24. The van der Waals surface area contributed by atoms with Crippen LogP contribution in [-0.4, -0.2) is 18.4 Å². The number of rotatable bonds is 0. The maximum absolute atomic E-state index is 10.5. The van der Waals surface area contributed by atoms with Gasteiger partial charge in [-0.2, -0.15) is 0 Å². The molecule has 0 N–H and O–H groups in total. The highest BCUT2D eigenvalue weighted by atomic mass is 16.8. The first kappa shape index (κ1) is 5.77. The maximum atomic E-state index is 10.5. The van der Waals surface area contributed by atoms with Gasteiger partial charge in [0, 0.05) is 0 Å². The molecule has 0 saturated carbocycles. The van der Waals surface area contributed by atoms with Gasteiger partial charge in [0.2, 0.25) is 0 Å². The van der Waals surface area contributed by atoms with Crippen LogP contribution in [0.5, 0.6) is 0 Å². The molecule has 0 aromatic carbocycles. The van der Waals surface area contributed by atoms with E-state index in [0.717, 1.165) is 11.1 Å². The third-order valence-corrected chi connectivity index (χ3v) is 2.20. The Morgan fingerprint density at radius 3 is 1.90 bits per heavy atom. The van der Waals surface area contributed by atoms with E-state index in [9.17, 15) is 4.79 Å². The van der Waals surface area contributed by atoms with Gasteiger partial charge in [-0.1, -0.05) is 0 Å². The summed E-state index contributed by atoms with van der Waals surface area (Å²) in [6.45, 7) is 3.91. The van der Waals surface area contributed by atoms with E-state index in [1.54, 1.807) is 0 Å². The lowest BCUT2D eigenvalue weighted by atomic mass is 9.85. The van der Waals surface area contributed by atoms with Crippen LogP contribution in [0.1, 0.15) is 13.8 Å². The summed E-state index contributed by atoms with van der Waals surface area (Å²) in [5, 5.41) is 0. The molecule has 10 heavy (non-hydrogen) atoms. The number of carbonyl (C=O) groups excluding carboxylic acids is 1. The summed E-state index contributed by atoms with van der Waals surface area (Å²) in [7, 11) is 0. The van der Waals surface area contributed by atoms with Gasteiger partial charge in [0.1, 0.15) is 0 Å². The van der Waals surface area contributed by atoms with Gasteiger partial charge in [-0.3, -0.25) is 0 Å². The standard InChI is InChI=1S/C7H8O3/c1-3-4(2)6-5(3)9-7(8)10-6/h5-6H,1-2H3/t5-,6+. The molecule has 1 heterocycles. The smallest absolute Gasteiger partial charge is 0.422 e. The fraction of sp³-hybridized carbons (Fsp3) is 0.571. The van der Waals surface area contributed by atoms with E-state index < -0.39 is 6.16 Å². The first-order valence-electron chi connectivity index (χ1n) is 3.24. The average Bonchev–Trinajstić information content (AvgIpc) is 2.27. The van der Waals surface area contributed by atoms with Crippen molar-refractivity contribution in [2.75, 3.05) is 0 Å². The Balaban J connectivity index is 2.26. The van der Waals surface area contributed by atoms with Crippen molar-refractivity contribution < 1.29 is 14.3 Å². The molecule has 3 nitrogen and oxygen atoms in total. The van der Waals surface area contributed by atoms with Gasteiger partial charge in [0.15, 0.2) is 12.2 Å². The molecule has 0 radical (unpaired) electrons. The summed E-state index contributed by atoms with van der Waals surface area (Å²) < 4.78 is 9.65. The van der Waals surface area contributed by atoms with Gasteiger partial charge >= 0.3 is 6.16 Å². The van der Waals surface area contributed by atoms with Crippen LogP contribution in [-0.2, 0) is 9.47 Å².